The standard InChI is InChI=1S/C12H27N3O2S/c1-5-15(10-12-7-6-8-13-9-12)18(16,17)14(4)11(2)3/h11-13H,5-10H2,1-4H3. The van der Waals surface area contributed by atoms with Gasteiger partial charge in [-0.05, 0) is 45.7 Å². The van der Waals surface area contributed by atoms with Gasteiger partial charge in [-0.1, -0.05) is 6.92 Å². The molecule has 1 N–H and O–H groups in total. The average molecular weight is 277 g/mol. The van der Waals surface area contributed by atoms with Crippen LogP contribution in [0.1, 0.15) is 33.6 Å². The third-order valence-electron chi connectivity index (χ3n) is 3.63. The molecule has 1 fully saturated rings. The van der Waals surface area contributed by atoms with Crippen LogP contribution >= 0.6 is 0 Å². The van der Waals surface area contributed by atoms with Crippen molar-refractivity contribution < 1.29 is 8.42 Å². The Labute approximate surface area is 112 Å². The van der Waals surface area contributed by atoms with Crippen LogP contribution < -0.4 is 5.32 Å². The first kappa shape index (κ1) is 15.9. The van der Waals surface area contributed by atoms with Gasteiger partial charge in [0, 0.05) is 26.2 Å². The highest BCUT2D eigenvalue weighted by atomic mass is 32.2. The molecule has 0 aromatic heterocycles. The van der Waals surface area contributed by atoms with Crippen molar-refractivity contribution in [3.8, 4) is 0 Å². The van der Waals surface area contributed by atoms with Gasteiger partial charge in [0.25, 0.3) is 10.2 Å². The van der Waals surface area contributed by atoms with E-state index in [2.05, 4.69) is 5.32 Å². The summed E-state index contributed by atoms with van der Waals surface area (Å²) in [5.74, 6) is 0.439. The average Bonchev–Trinajstić information content (AvgIpc) is 2.35. The minimum absolute atomic E-state index is 0.00599. The zero-order valence-electron chi connectivity index (χ0n) is 12.0. The Morgan fingerprint density at radius 1 is 1.39 bits per heavy atom. The largest absolute Gasteiger partial charge is 0.316 e. The van der Waals surface area contributed by atoms with Gasteiger partial charge >= 0.3 is 0 Å². The molecular formula is C12H27N3O2S. The fourth-order valence-corrected chi connectivity index (χ4v) is 3.83. The quantitative estimate of drug-likeness (QED) is 0.784. The lowest BCUT2D eigenvalue weighted by molar-refractivity contribution is 0.276. The molecular weight excluding hydrogens is 250 g/mol. The van der Waals surface area contributed by atoms with E-state index in [0.29, 0.717) is 19.0 Å². The van der Waals surface area contributed by atoms with Crippen molar-refractivity contribution in [1.29, 1.82) is 0 Å². The summed E-state index contributed by atoms with van der Waals surface area (Å²) in [6.07, 6.45) is 2.26. The molecule has 1 rings (SSSR count). The molecule has 0 radical (unpaired) electrons. The summed E-state index contributed by atoms with van der Waals surface area (Å²) in [4.78, 5) is 0. The van der Waals surface area contributed by atoms with Gasteiger partial charge < -0.3 is 5.32 Å². The molecule has 1 aliphatic rings. The maximum absolute atomic E-state index is 12.4. The molecule has 0 aliphatic carbocycles. The lowest BCUT2D eigenvalue weighted by atomic mass is 10.00. The van der Waals surface area contributed by atoms with E-state index in [-0.39, 0.29) is 6.04 Å². The summed E-state index contributed by atoms with van der Waals surface area (Å²) in [6.45, 7) is 8.85. The van der Waals surface area contributed by atoms with Crippen LogP contribution in [0, 0.1) is 5.92 Å². The number of hydrogen-bond acceptors (Lipinski definition) is 3. The third kappa shape index (κ3) is 3.91. The van der Waals surface area contributed by atoms with Crippen LogP contribution in [0.2, 0.25) is 0 Å². The van der Waals surface area contributed by atoms with Gasteiger partial charge in [-0.15, -0.1) is 0 Å². The highest BCUT2D eigenvalue weighted by Crippen LogP contribution is 2.16. The number of hydrogen-bond donors (Lipinski definition) is 1. The minimum Gasteiger partial charge on any atom is -0.316 e. The lowest BCUT2D eigenvalue weighted by Gasteiger charge is -2.32. The third-order valence-corrected chi connectivity index (χ3v) is 5.84. The van der Waals surface area contributed by atoms with Crippen molar-refractivity contribution in [2.24, 2.45) is 5.92 Å². The van der Waals surface area contributed by atoms with Gasteiger partial charge in [-0.3, -0.25) is 0 Å². The number of nitrogens with zero attached hydrogens (tertiary/aromatic N) is 2. The van der Waals surface area contributed by atoms with Gasteiger partial charge in [-0.2, -0.15) is 17.0 Å². The smallest absolute Gasteiger partial charge is 0.281 e. The minimum atomic E-state index is -3.31. The maximum Gasteiger partial charge on any atom is 0.281 e. The fourth-order valence-electron chi connectivity index (χ4n) is 2.20. The van der Waals surface area contributed by atoms with Gasteiger partial charge in [0.2, 0.25) is 0 Å². The molecule has 0 spiro atoms. The molecule has 108 valence electrons. The normalized spacial score (nSPS) is 22.1. The van der Waals surface area contributed by atoms with E-state index in [1.807, 2.05) is 20.8 Å². The van der Waals surface area contributed by atoms with Crippen LogP contribution in [0.3, 0.4) is 0 Å². The molecule has 0 aromatic carbocycles. The van der Waals surface area contributed by atoms with Crippen LogP contribution in [0.5, 0.6) is 0 Å². The number of piperidine rings is 1. The van der Waals surface area contributed by atoms with Crippen LogP contribution in [-0.4, -0.2) is 56.3 Å². The van der Waals surface area contributed by atoms with Crippen LogP contribution in [-0.2, 0) is 10.2 Å². The Balaban J connectivity index is 2.69. The molecule has 1 unspecified atom stereocenters. The summed E-state index contributed by atoms with van der Waals surface area (Å²) in [6, 6.07) is -0.00599. The number of rotatable bonds is 6. The maximum atomic E-state index is 12.4. The van der Waals surface area contributed by atoms with Crippen molar-refractivity contribution in [3.05, 3.63) is 0 Å². The molecule has 18 heavy (non-hydrogen) atoms. The highest BCUT2D eigenvalue weighted by molar-refractivity contribution is 7.86. The SMILES string of the molecule is CCN(CC1CCCNC1)S(=O)(=O)N(C)C(C)C. The summed E-state index contributed by atoms with van der Waals surface area (Å²) >= 11 is 0. The van der Waals surface area contributed by atoms with E-state index in [0.717, 1.165) is 25.9 Å². The Kier molecular flexibility index (Phi) is 6.04. The molecule has 0 aromatic rings. The zero-order chi connectivity index (χ0) is 13.8. The van der Waals surface area contributed by atoms with Crippen molar-refractivity contribution in [3.63, 3.8) is 0 Å². The van der Waals surface area contributed by atoms with Gasteiger partial charge in [-0.25, -0.2) is 0 Å². The van der Waals surface area contributed by atoms with Gasteiger partial charge in [0.15, 0.2) is 0 Å². The van der Waals surface area contributed by atoms with Crippen molar-refractivity contribution in [2.75, 3.05) is 33.2 Å². The number of nitrogens with one attached hydrogen (secondary N) is 1. The molecule has 1 aliphatic heterocycles. The topological polar surface area (TPSA) is 52.7 Å². The molecule has 1 saturated heterocycles. The predicted molar refractivity (Wildman–Crippen MR) is 74.7 cm³/mol. The summed E-state index contributed by atoms with van der Waals surface area (Å²) in [7, 11) is -1.66. The van der Waals surface area contributed by atoms with E-state index >= 15 is 0 Å². The Bertz CT molecular complexity index is 337. The van der Waals surface area contributed by atoms with Crippen molar-refractivity contribution in [1.82, 2.24) is 13.9 Å². The van der Waals surface area contributed by atoms with Crippen LogP contribution in [0.4, 0.5) is 0 Å². The second-order valence-corrected chi connectivity index (χ2v) is 7.27. The first-order valence-electron chi connectivity index (χ1n) is 6.83. The van der Waals surface area contributed by atoms with E-state index in [1.54, 1.807) is 11.4 Å². The molecule has 5 nitrogen and oxygen atoms in total. The second kappa shape index (κ2) is 6.84. The van der Waals surface area contributed by atoms with E-state index in [1.165, 1.54) is 4.31 Å². The predicted octanol–water partition coefficient (Wildman–Crippen LogP) is 0.893. The molecule has 0 amide bonds. The highest BCUT2D eigenvalue weighted by Gasteiger charge is 2.29. The lowest BCUT2D eigenvalue weighted by Crippen LogP contribution is -2.48. The van der Waals surface area contributed by atoms with Crippen molar-refractivity contribution >= 4 is 10.2 Å². The van der Waals surface area contributed by atoms with Crippen molar-refractivity contribution in [2.45, 2.75) is 39.7 Å². The van der Waals surface area contributed by atoms with E-state index in [4.69, 9.17) is 0 Å². The summed E-state index contributed by atoms with van der Waals surface area (Å²) < 4.78 is 27.9. The molecule has 0 saturated carbocycles. The second-order valence-electron chi connectivity index (χ2n) is 5.28. The Morgan fingerprint density at radius 3 is 2.50 bits per heavy atom. The van der Waals surface area contributed by atoms with Crippen LogP contribution in [0.15, 0.2) is 0 Å². The molecule has 1 atom stereocenters. The summed E-state index contributed by atoms with van der Waals surface area (Å²) in [5.41, 5.74) is 0. The van der Waals surface area contributed by atoms with Crippen LogP contribution in [0.25, 0.3) is 0 Å². The van der Waals surface area contributed by atoms with E-state index in [9.17, 15) is 8.42 Å². The Hall–Kier alpha value is -0.170. The van der Waals surface area contributed by atoms with Gasteiger partial charge in [0.1, 0.15) is 0 Å². The van der Waals surface area contributed by atoms with Gasteiger partial charge in [0.05, 0.1) is 0 Å². The van der Waals surface area contributed by atoms with E-state index < -0.39 is 10.2 Å². The first-order chi connectivity index (χ1) is 8.39. The molecule has 6 heteroatoms. The molecule has 0 bridgehead atoms. The monoisotopic (exact) mass is 277 g/mol. The fraction of sp³-hybridized carbons (Fsp3) is 1.00. The molecule has 1 heterocycles. The zero-order valence-corrected chi connectivity index (χ0v) is 12.8. The Morgan fingerprint density at radius 2 is 2.06 bits per heavy atom. The first-order valence-corrected chi connectivity index (χ1v) is 8.23. The summed E-state index contributed by atoms with van der Waals surface area (Å²) in [5, 5.41) is 3.33.